The van der Waals surface area contributed by atoms with Crippen LogP contribution in [0.25, 0.3) is 0 Å². The van der Waals surface area contributed by atoms with Crippen LogP contribution >= 0.6 is 15.9 Å². The molecule has 0 aliphatic heterocycles. The van der Waals surface area contributed by atoms with Gasteiger partial charge in [-0.3, -0.25) is 13.9 Å². The Bertz CT molecular complexity index is 1150. The molecule has 0 saturated heterocycles. The second-order valence-corrected chi connectivity index (χ2v) is 11.7. The molecule has 0 aliphatic carbocycles. The molecule has 7 nitrogen and oxygen atoms in total. The van der Waals surface area contributed by atoms with Crippen molar-refractivity contribution in [1.29, 1.82) is 0 Å². The molecule has 192 valence electrons. The summed E-state index contributed by atoms with van der Waals surface area (Å²) >= 11 is 3.43. The number of hydrogen-bond acceptors (Lipinski definition) is 4. The van der Waals surface area contributed by atoms with Gasteiger partial charge in [0.25, 0.3) is 0 Å². The fourth-order valence-corrected chi connectivity index (χ4v) is 4.85. The van der Waals surface area contributed by atoms with Crippen LogP contribution < -0.4 is 9.62 Å². The van der Waals surface area contributed by atoms with Crippen molar-refractivity contribution in [2.24, 2.45) is 0 Å². The van der Waals surface area contributed by atoms with Gasteiger partial charge in [0.05, 0.1) is 11.9 Å². The van der Waals surface area contributed by atoms with Crippen molar-refractivity contribution in [3.63, 3.8) is 0 Å². The van der Waals surface area contributed by atoms with Crippen LogP contribution in [0.1, 0.15) is 50.3 Å². The minimum Gasteiger partial charge on any atom is -0.352 e. The SMILES string of the molecule is CC[C@H](C(=O)N[C@@H](C)CC)N(Cc1cccc(C)c1)C(=O)CN(c1ccc(Br)c(C)c1)S(C)(=O)=O. The van der Waals surface area contributed by atoms with Gasteiger partial charge in [-0.1, -0.05) is 59.6 Å². The number of nitrogens with one attached hydrogen (secondary N) is 1. The molecule has 2 aromatic carbocycles. The first-order valence-corrected chi connectivity index (χ1v) is 14.4. The monoisotopic (exact) mass is 565 g/mol. The number of aryl methyl sites for hydroxylation is 2. The third-order valence-corrected chi connectivity index (χ3v) is 7.96. The Balaban J connectivity index is 2.46. The maximum absolute atomic E-state index is 13.7. The Morgan fingerprint density at radius 1 is 1.06 bits per heavy atom. The summed E-state index contributed by atoms with van der Waals surface area (Å²) in [5, 5.41) is 2.97. The van der Waals surface area contributed by atoms with Gasteiger partial charge in [0.1, 0.15) is 12.6 Å². The lowest BCUT2D eigenvalue weighted by atomic mass is 10.1. The molecular formula is C26H36BrN3O4S. The van der Waals surface area contributed by atoms with E-state index >= 15 is 0 Å². The van der Waals surface area contributed by atoms with Gasteiger partial charge in [0.2, 0.25) is 21.8 Å². The van der Waals surface area contributed by atoms with E-state index in [0.717, 1.165) is 38.1 Å². The van der Waals surface area contributed by atoms with E-state index in [1.165, 1.54) is 4.90 Å². The van der Waals surface area contributed by atoms with Crippen LogP contribution in [-0.2, 0) is 26.2 Å². The smallest absolute Gasteiger partial charge is 0.244 e. The molecule has 1 N–H and O–H groups in total. The highest BCUT2D eigenvalue weighted by Gasteiger charge is 2.32. The standard InChI is InChI=1S/C26H36BrN3O4S/c1-7-20(5)28-26(32)24(8-2)29(16-21-11-9-10-18(3)14-21)25(31)17-30(35(6,33)34)22-12-13-23(27)19(4)15-22/h9-15,20,24H,7-8,16-17H2,1-6H3,(H,28,32)/t20-,24+/m0/s1. The van der Waals surface area contributed by atoms with Crippen molar-refractivity contribution >= 4 is 43.5 Å². The van der Waals surface area contributed by atoms with Crippen molar-refractivity contribution in [1.82, 2.24) is 10.2 Å². The topological polar surface area (TPSA) is 86.8 Å². The third-order valence-electron chi connectivity index (χ3n) is 5.93. The number of anilines is 1. The first-order valence-electron chi connectivity index (χ1n) is 11.8. The molecule has 35 heavy (non-hydrogen) atoms. The number of amides is 2. The van der Waals surface area contributed by atoms with Crippen molar-refractivity contribution in [2.75, 3.05) is 17.1 Å². The van der Waals surface area contributed by atoms with Crippen molar-refractivity contribution in [3.05, 3.63) is 63.6 Å². The van der Waals surface area contributed by atoms with Gasteiger partial charge in [0, 0.05) is 17.1 Å². The molecule has 0 fully saturated rings. The molecule has 9 heteroatoms. The third kappa shape index (κ3) is 8.07. The normalized spacial score (nSPS) is 13.1. The highest BCUT2D eigenvalue weighted by molar-refractivity contribution is 9.10. The zero-order valence-electron chi connectivity index (χ0n) is 21.3. The Kier molecular flexibility index (Phi) is 10.3. The Labute approximate surface area is 218 Å². The quantitative estimate of drug-likeness (QED) is 0.433. The maximum atomic E-state index is 13.7. The van der Waals surface area contributed by atoms with Crippen LogP contribution in [0, 0.1) is 13.8 Å². The number of carbonyl (C=O) groups excluding carboxylic acids is 2. The second-order valence-electron chi connectivity index (χ2n) is 8.96. The van der Waals surface area contributed by atoms with E-state index in [1.54, 1.807) is 18.2 Å². The van der Waals surface area contributed by atoms with Crippen LogP contribution in [0.4, 0.5) is 5.69 Å². The van der Waals surface area contributed by atoms with E-state index in [1.807, 2.05) is 58.9 Å². The highest BCUT2D eigenvalue weighted by atomic mass is 79.9. The predicted octanol–water partition coefficient (Wildman–Crippen LogP) is 4.55. The van der Waals surface area contributed by atoms with E-state index in [2.05, 4.69) is 21.2 Å². The fourth-order valence-electron chi connectivity index (χ4n) is 3.77. The molecule has 0 saturated carbocycles. The van der Waals surface area contributed by atoms with Crippen LogP contribution in [0.15, 0.2) is 46.9 Å². The largest absolute Gasteiger partial charge is 0.352 e. The predicted molar refractivity (Wildman–Crippen MR) is 145 cm³/mol. The van der Waals surface area contributed by atoms with E-state index in [9.17, 15) is 18.0 Å². The summed E-state index contributed by atoms with van der Waals surface area (Å²) in [4.78, 5) is 28.3. The Morgan fingerprint density at radius 3 is 2.29 bits per heavy atom. The average molecular weight is 567 g/mol. The van der Waals surface area contributed by atoms with Crippen LogP contribution in [0.3, 0.4) is 0 Å². The molecule has 2 aromatic rings. The summed E-state index contributed by atoms with van der Waals surface area (Å²) in [7, 11) is -3.76. The summed E-state index contributed by atoms with van der Waals surface area (Å²) in [5.41, 5.74) is 3.15. The maximum Gasteiger partial charge on any atom is 0.244 e. The minimum atomic E-state index is -3.76. The summed E-state index contributed by atoms with van der Waals surface area (Å²) in [6, 6.07) is 12.1. The van der Waals surface area contributed by atoms with Crippen molar-refractivity contribution in [2.45, 2.75) is 66.1 Å². The van der Waals surface area contributed by atoms with Crippen molar-refractivity contribution in [3.8, 4) is 0 Å². The summed E-state index contributed by atoms with van der Waals surface area (Å²) in [6.07, 6.45) is 2.24. The summed E-state index contributed by atoms with van der Waals surface area (Å²) in [5.74, 6) is -0.683. The number of halogens is 1. The van der Waals surface area contributed by atoms with E-state index in [-0.39, 0.29) is 18.5 Å². The first-order chi connectivity index (χ1) is 16.4. The average Bonchev–Trinajstić information content (AvgIpc) is 2.78. The van der Waals surface area contributed by atoms with Crippen LogP contribution in [0.2, 0.25) is 0 Å². The fraction of sp³-hybridized carbons (Fsp3) is 0.462. The molecule has 0 aliphatic rings. The molecule has 0 heterocycles. The Hall–Kier alpha value is -2.39. The zero-order valence-corrected chi connectivity index (χ0v) is 23.7. The lowest BCUT2D eigenvalue weighted by Crippen LogP contribution is -2.53. The van der Waals surface area contributed by atoms with Gasteiger partial charge in [-0.25, -0.2) is 8.42 Å². The number of carbonyl (C=O) groups is 2. The molecule has 2 rings (SSSR count). The van der Waals surface area contributed by atoms with Gasteiger partial charge in [-0.2, -0.15) is 0 Å². The number of sulfonamides is 1. The number of hydrogen-bond donors (Lipinski definition) is 1. The summed E-state index contributed by atoms with van der Waals surface area (Å²) in [6.45, 7) is 9.35. The highest BCUT2D eigenvalue weighted by Crippen LogP contribution is 2.25. The van der Waals surface area contributed by atoms with Gasteiger partial charge in [-0.15, -0.1) is 0 Å². The van der Waals surface area contributed by atoms with Crippen LogP contribution in [0.5, 0.6) is 0 Å². The molecule has 0 spiro atoms. The van der Waals surface area contributed by atoms with Crippen molar-refractivity contribution < 1.29 is 18.0 Å². The molecule has 0 radical (unpaired) electrons. The number of rotatable bonds is 11. The van der Waals surface area contributed by atoms with Gasteiger partial charge in [-0.05, 0) is 62.9 Å². The lowest BCUT2D eigenvalue weighted by molar-refractivity contribution is -0.140. The van der Waals surface area contributed by atoms with Crippen LogP contribution in [-0.4, -0.2) is 50.0 Å². The molecule has 2 atom stereocenters. The minimum absolute atomic E-state index is 0.0364. The van der Waals surface area contributed by atoms with E-state index < -0.39 is 28.5 Å². The lowest BCUT2D eigenvalue weighted by Gasteiger charge is -2.33. The zero-order chi connectivity index (χ0) is 26.3. The molecule has 0 aromatic heterocycles. The second kappa shape index (κ2) is 12.5. The molecule has 2 amide bonds. The first kappa shape index (κ1) is 28.8. The van der Waals surface area contributed by atoms with E-state index in [0.29, 0.717) is 12.1 Å². The van der Waals surface area contributed by atoms with Gasteiger partial charge in [0.15, 0.2) is 0 Å². The van der Waals surface area contributed by atoms with E-state index in [4.69, 9.17) is 0 Å². The molecular weight excluding hydrogens is 530 g/mol. The Morgan fingerprint density at radius 2 is 1.74 bits per heavy atom. The molecule has 0 bridgehead atoms. The van der Waals surface area contributed by atoms with Gasteiger partial charge < -0.3 is 10.2 Å². The summed E-state index contributed by atoms with van der Waals surface area (Å²) < 4.78 is 27.4. The van der Waals surface area contributed by atoms with Gasteiger partial charge >= 0.3 is 0 Å². The number of nitrogens with zero attached hydrogens (tertiary/aromatic N) is 2. The molecule has 0 unspecified atom stereocenters. The number of benzene rings is 2.